The van der Waals surface area contributed by atoms with Gasteiger partial charge < -0.3 is 14.9 Å². The molecule has 132 valence electrons. The van der Waals surface area contributed by atoms with Crippen molar-refractivity contribution in [3.05, 3.63) is 66.2 Å². The molecule has 1 aliphatic rings. The van der Waals surface area contributed by atoms with Crippen LogP contribution >= 0.6 is 0 Å². The smallest absolute Gasteiger partial charge is 0.254 e. The Hall–Kier alpha value is -2.99. The quantitative estimate of drug-likeness (QED) is 0.785. The van der Waals surface area contributed by atoms with E-state index < -0.39 is 0 Å². The van der Waals surface area contributed by atoms with Gasteiger partial charge in [0.15, 0.2) is 0 Å². The van der Waals surface area contributed by atoms with Crippen molar-refractivity contribution < 1.29 is 9.90 Å². The molecular formula is C20H20N4O2. The van der Waals surface area contributed by atoms with Crippen LogP contribution in [-0.2, 0) is 6.61 Å². The molecule has 0 bridgehead atoms. The summed E-state index contributed by atoms with van der Waals surface area (Å²) in [4.78, 5) is 25.2. The average Bonchev–Trinajstić information content (AvgIpc) is 2.73. The van der Waals surface area contributed by atoms with Crippen LogP contribution in [0.2, 0.25) is 0 Å². The molecular weight excluding hydrogens is 328 g/mol. The number of piperazine rings is 1. The number of hydrogen-bond acceptors (Lipinski definition) is 5. The summed E-state index contributed by atoms with van der Waals surface area (Å²) in [6, 6.07) is 11.6. The van der Waals surface area contributed by atoms with E-state index in [1.165, 1.54) is 5.39 Å². The molecule has 6 nitrogen and oxygen atoms in total. The maximum Gasteiger partial charge on any atom is 0.254 e. The predicted molar refractivity (Wildman–Crippen MR) is 100 cm³/mol. The first-order chi connectivity index (χ1) is 12.8. The molecule has 6 heteroatoms. The molecule has 0 unspecified atom stereocenters. The van der Waals surface area contributed by atoms with Crippen molar-refractivity contribution in [3.63, 3.8) is 0 Å². The predicted octanol–water partition coefficient (Wildman–Crippen LogP) is 2.08. The highest BCUT2D eigenvalue weighted by molar-refractivity contribution is 5.95. The minimum absolute atomic E-state index is 0.0159. The Morgan fingerprint density at radius 3 is 2.69 bits per heavy atom. The minimum Gasteiger partial charge on any atom is -0.390 e. The van der Waals surface area contributed by atoms with Crippen LogP contribution in [0, 0.1) is 0 Å². The highest BCUT2D eigenvalue weighted by Crippen LogP contribution is 2.26. The molecule has 0 atom stereocenters. The second-order valence-corrected chi connectivity index (χ2v) is 6.35. The van der Waals surface area contributed by atoms with E-state index in [4.69, 9.17) is 0 Å². The van der Waals surface area contributed by atoms with Crippen LogP contribution in [0.15, 0.2) is 55.0 Å². The second-order valence-electron chi connectivity index (χ2n) is 6.35. The zero-order valence-electron chi connectivity index (χ0n) is 14.4. The standard InChI is InChI=1S/C20H20N4O2/c25-14-17-11-15(5-6-22-17)20(26)24-9-7-23(8-10-24)19-13-21-12-16-3-1-2-4-18(16)19/h1-6,11-13,25H,7-10,14H2. The van der Waals surface area contributed by atoms with Crippen molar-refractivity contribution >= 4 is 22.4 Å². The Labute approximate surface area is 151 Å². The Balaban J connectivity index is 1.49. The zero-order valence-corrected chi connectivity index (χ0v) is 14.4. The molecule has 3 aromatic rings. The average molecular weight is 348 g/mol. The second kappa shape index (κ2) is 7.09. The van der Waals surface area contributed by atoms with E-state index >= 15 is 0 Å². The summed E-state index contributed by atoms with van der Waals surface area (Å²) in [5.74, 6) is -0.0159. The maximum atomic E-state index is 12.7. The van der Waals surface area contributed by atoms with Gasteiger partial charge in [-0.2, -0.15) is 0 Å². The summed E-state index contributed by atoms with van der Waals surface area (Å²) in [5, 5.41) is 11.5. The Bertz CT molecular complexity index is 931. The van der Waals surface area contributed by atoms with Crippen LogP contribution in [0.25, 0.3) is 10.8 Å². The van der Waals surface area contributed by atoms with Gasteiger partial charge in [-0.3, -0.25) is 14.8 Å². The fourth-order valence-electron chi connectivity index (χ4n) is 3.38. The first-order valence-electron chi connectivity index (χ1n) is 8.69. The SMILES string of the molecule is O=C(c1ccnc(CO)c1)N1CCN(c2cncc3ccccc23)CC1. The number of hydrogen-bond donors (Lipinski definition) is 1. The molecule has 1 saturated heterocycles. The summed E-state index contributed by atoms with van der Waals surface area (Å²) in [7, 11) is 0. The maximum absolute atomic E-state index is 12.7. The number of fused-ring (bicyclic) bond motifs is 1. The molecule has 2 aromatic heterocycles. The third kappa shape index (κ3) is 3.11. The van der Waals surface area contributed by atoms with Gasteiger partial charge in [0, 0.05) is 54.9 Å². The molecule has 26 heavy (non-hydrogen) atoms. The highest BCUT2D eigenvalue weighted by Gasteiger charge is 2.23. The van der Waals surface area contributed by atoms with Gasteiger partial charge in [0.2, 0.25) is 0 Å². The van der Waals surface area contributed by atoms with Crippen LogP contribution in [0.3, 0.4) is 0 Å². The highest BCUT2D eigenvalue weighted by atomic mass is 16.3. The molecule has 4 rings (SSSR count). The molecule has 1 amide bonds. The van der Waals surface area contributed by atoms with Crippen LogP contribution in [0.5, 0.6) is 0 Å². The summed E-state index contributed by atoms with van der Waals surface area (Å²) in [6.07, 6.45) is 5.34. The van der Waals surface area contributed by atoms with Gasteiger partial charge in [-0.15, -0.1) is 0 Å². The van der Waals surface area contributed by atoms with E-state index in [2.05, 4.69) is 27.0 Å². The van der Waals surface area contributed by atoms with Crippen LogP contribution < -0.4 is 4.90 Å². The number of carbonyl (C=O) groups excluding carboxylic acids is 1. The summed E-state index contributed by atoms with van der Waals surface area (Å²) >= 11 is 0. The number of aliphatic hydroxyl groups excluding tert-OH is 1. The van der Waals surface area contributed by atoms with Crippen molar-refractivity contribution in [1.29, 1.82) is 0 Å². The first kappa shape index (κ1) is 16.5. The Morgan fingerprint density at radius 2 is 1.88 bits per heavy atom. The van der Waals surface area contributed by atoms with E-state index in [1.807, 2.05) is 29.4 Å². The van der Waals surface area contributed by atoms with Crippen molar-refractivity contribution in [1.82, 2.24) is 14.9 Å². The molecule has 0 aliphatic carbocycles. The number of aromatic nitrogens is 2. The minimum atomic E-state index is -0.164. The number of nitrogens with zero attached hydrogens (tertiary/aromatic N) is 4. The number of carbonyl (C=O) groups is 1. The topological polar surface area (TPSA) is 69.6 Å². The van der Waals surface area contributed by atoms with Crippen molar-refractivity contribution in [2.24, 2.45) is 0 Å². The summed E-state index contributed by atoms with van der Waals surface area (Å²) in [6.45, 7) is 2.67. The molecule has 1 fully saturated rings. The van der Waals surface area contributed by atoms with Crippen molar-refractivity contribution in [2.75, 3.05) is 31.1 Å². The number of benzene rings is 1. The zero-order chi connectivity index (χ0) is 17.9. The molecule has 0 saturated carbocycles. The molecule has 1 N–H and O–H groups in total. The van der Waals surface area contributed by atoms with Gasteiger partial charge in [-0.05, 0) is 12.1 Å². The lowest BCUT2D eigenvalue weighted by atomic mass is 10.1. The number of amides is 1. The van der Waals surface area contributed by atoms with Crippen molar-refractivity contribution in [2.45, 2.75) is 6.61 Å². The van der Waals surface area contributed by atoms with E-state index in [1.54, 1.807) is 18.3 Å². The number of anilines is 1. The van der Waals surface area contributed by atoms with Crippen LogP contribution in [-0.4, -0.2) is 52.1 Å². The molecule has 1 aliphatic heterocycles. The summed E-state index contributed by atoms with van der Waals surface area (Å²) < 4.78 is 0. The van der Waals surface area contributed by atoms with Gasteiger partial charge in [0.1, 0.15) is 0 Å². The van der Waals surface area contributed by atoms with Crippen LogP contribution in [0.1, 0.15) is 16.1 Å². The molecule has 0 spiro atoms. The first-order valence-corrected chi connectivity index (χ1v) is 8.69. The van der Waals surface area contributed by atoms with E-state index in [-0.39, 0.29) is 12.5 Å². The molecule has 0 radical (unpaired) electrons. The monoisotopic (exact) mass is 348 g/mol. The number of aliphatic hydroxyl groups is 1. The van der Waals surface area contributed by atoms with E-state index in [9.17, 15) is 9.90 Å². The largest absolute Gasteiger partial charge is 0.390 e. The Morgan fingerprint density at radius 1 is 1.08 bits per heavy atom. The lowest BCUT2D eigenvalue weighted by molar-refractivity contribution is 0.0746. The molecule has 3 heterocycles. The summed E-state index contributed by atoms with van der Waals surface area (Å²) in [5.41, 5.74) is 2.20. The lowest BCUT2D eigenvalue weighted by Gasteiger charge is -2.36. The van der Waals surface area contributed by atoms with Gasteiger partial charge in [-0.25, -0.2) is 0 Å². The fourth-order valence-corrected chi connectivity index (χ4v) is 3.38. The third-order valence-corrected chi connectivity index (χ3v) is 4.78. The third-order valence-electron chi connectivity index (χ3n) is 4.78. The molecule has 1 aromatic carbocycles. The lowest BCUT2D eigenvalue weighted by Crippen LogP contribution is -2.48. The normalized spacial score (nSPS) is 14.7. The number of pyridine rings is 2. The van der Waals surface area contributed by atoms with E-state index in [0.29, 0.717) is 24.3 Å². The van der Waals surface area contributed by atoms with E-state index in [0.717, 1.165) is 24.2 Å². The van der Waals surface area contributed by atoms with Crippen LogP contribution in [0.4, 0.5) is 5.69 Å². The fraction of sp³-hybridized carbons (Fsp3) is 0.250. The Kier molecular flexibility index (Phi) is 4.50. The number of rotatable bonds is 3. The van der Waals surface area contributed by atoms with Gasteiger partial charge in [0.25, 0.3) is 5.91 Å². The van der Waals surface area contributed by atoms with Crippen molar-refractivity contribution in [3.8, 4) is 0 Å². The van der Waals surface area contributed by atoms with Gasteiger partial charge in [0.05, 0.1) is 24.2 Å². The van der Waals surface area contributed by atoms with Gasteiger partial charge >= 0.3 is 0 Å². The van der Waals surface area contributed by atoms with Gasteiger partial charge in [-0.1, -0.05) is 24.3 Å².